The molecule has 3 heterocycles. The molecule has 0 radical (unpaired) electrons. The Morgan fingerprint density at radius 2 is 1.97 bits per heavy atom. The average Bonchev–Trinajstić information content (AvgIpc) is 3.25. The van der Waals surface area contributed by atoms with E-state index in [1.165, 1.54) is 30.6 Å². The third kappa shape index (κ3) is 3.55. The number of carbonyl (C=O) groups is 1. The van der Waals surface area contributed by atoms with E-state index in [4.69, 9.17) is 5.14 Å². The number of nitrogens with zero attached hydrogens (tertiary/aromatic N) is 5. The van der Waals surface area contributed by atoms with Gasteiger partial charge in [0.05, 0.1) is 22.5 Å². The number of nitrogens with one attached hydrogen (secondary N) is 2. The fourth-order valence-corrected chi connectivity index (χ4v) is 4.35. The molecule has 1 aliphatic heterocycles. The molecule has 30 heavy (non-hydrogen) atoms. The minimum absolute atomic E-state index is 0.0238. The van der Waals surface area contributed by atoms with Gasteiger partial charge >= 0.3 is 0 Å². The second kappa shape index (κ2) is 7.22. The number of primary sulfonamides is 1. The highest BCUT2D eigenvalue weighted by atomic mass is 32.2. The van der Waals surface area contributed by atoms with Crippen LogP contribution >= 0.6 is 0 Å². The van der Waals surface area contributed by atoms with Gasteiger partial charge in [0.2, 0.25) is 21.9 Å². The van der Waals surface area contributed by atoms with Gasteiger partial charge in [-0.3, -0.25) is 9.48 Å². The van der Waals surface area contributed by atoms with Crippen LogP contribution in [0.25, 0.3) is 0 Å². The minimum atomic E-state index is -3.80. The molecule has 0 bridgehead atoms. The molecule has 1 aliphatic rings. The largest absolute Gasteiger partial charge is 0.351 e. The summed E-state index contributed by atoms with van der Waals surface area (Å²) in [6, 6.07) is 5.07. The molecule has 0 unspecified atom stereocenters. The molecule has 158 valence electrons. The zero-order chi connectivity index (χ0) is 21.6. The predicted molar refractivity (Wildman–Crippen MR) is 109 cm³/mol. The molecule has 0 saturated carbocycles. The minimum Gasteiger partial charge on any atom is -0.351 e. The van der Waals surface area contributed by atoms with Crippen molar-refractivity contribution >= 4 is 27.6 Å². The Bertz CT molecular complexity index is 1200. The van der Waals surface area contributed by atoms with Crippen molar-refractivity contribution in [3.63, 3.8) is 0 Å². The Balaban J connectivity index is 1.68. The summed E-state index contributed by atoms with van der Waals surface area (Å²) in [6.45, 7) is 3.80. The van der Waals surface area contributed by atoms with Gasteiger partial charge in [0.25, 0.3) is 0 Å². The van der Waals surface area contributed by atoms with E-state index in [1.807, 2.05) is 27.1 Å². The molecule has 3 aromatic rings. The van der Waals surface area contributed by atoms with Crippen molar-refractivity contribution in [2.45, 2.75) is 30.8 Å². The zero-order valence-corrected chi connectivity index (χ0v) is 17.5. The number of hydrogen-bond acceptors (Lipinski definition) is 7. The Hall–Kier alpha value is -3.25. The number of sulfonamides is 1. The van der Waals surface area contributed by atoms with Crippen LogP contribution in [0.15, 0.2) is 41.7 Å². The van der Waals surface area contributed by atoms with Crippen LogP contribution in [0.5, 0.6) is 0 Å². The average molecular weight is 430 g/mol. The van der Waals surface area contributed by atoms with Crippen molar-refractivity contribution in [2.24, 2.45) is 18.1 Å². The fraction of sp³-hybridized carbons (Fsp3) is 0.333. The fourth-order valence-electron chi connectivity index (χ4n) is 3.83. The van der Waals surface area contributed by atoms with Crippen LogP contribution in [0.1, 0.15) is 24.2 Å². The van der Waals surface area contributed by atoms with Gasteiger partial charge in [0.15, 0.2) is 0 Å². The molecule has 2 aromatic heterocycles. The van der Waals surface area contributed by atoms with Gasteiger partial charge in [-0.25, -0.2) is 18.2 Å². The van der Waals surface area contributed by atoms with Gasteiger partial charge in [0.1, 0.15) is 6.33 Å². The summed E-state index contributed by atoms with van der Waals surface area (Å²) in [4.78, 5) is 17.5. The van der Waals surface area contributed by atoms with E-state index in [9.17, 15) is 13.2 Å². The molecule has 3 atom stereocenters. The molecule has 12 heteroatoms. The molecule has 4 rings (SSSR count). The highest BCUT2D eigenvalue weighted by Gasteiger charge is 2.42. The third-order valence-corrected chi connectivity index (χ3v) is 6.12. The zero-order valence-electron chi connectivity index (χ0n) is 16.6. The number of nitrogens with two attached hydrogens (primary N) is 1. The molecular weight excluding hydrogens is 408 g/mol. The highest BCUT2D eigenvalue weighted by molar-refractivity contribution is 7.89. The summed E-state index contributed by atoms with van der Waals surface area (Å²) in [5.74, 6) is -0.190. The second-order valence-electron chi connectivity index (χ2n) is 7.33. The number of amides is 1. The SMILES string of the molecule is Cc1nn(C)cc1[C@H]1[C@@H](C(=O)Nc2ccc(S(N)(=O)=O)cc2)[C@H](C)Nc2ncnn21. The normalized spacial score (nSPS) is 21.0. The maximum absolute atomic E-state index is 13.3. The molecule has 0 aliphatic carbocycles. The first-order valence-corrected chi connectivity index (χ1v) is 10.8. The van der Waals surface area contributed by atoms with Gasteiger partial charge in [-0.15, -0.1) is 0 Å². The van der Waals surface area contributed by atoms with Gasteiger partial charge in [0, 0.05) is 30.5 Å². The Kier molecular flexibility index (Phi) is 4.82. The lowest BCUT2D eigenvalue weighted by atomic mass is 9.85. The molecular formula is C18H22N8O3S. The molecule has 1 amide bonds. The van der Waals surface area contributed by atoms with E-state index in [-0.39, 0.29) is 16.8 Å². The number of fused-ring (bicyclic) bond motifs is 1. The summed E-state index contributed by atoms with van der Waals surface area (Å²) in [5, 5.41) is 20.0. The number of carbonyl (C=O) groups excluding carboxylic acids is 1. The standard InChI is InChI=1S/C18H22N8O3S/c1-10-14(8-25(3)24-10)16-15(11(2)22-18-20-9-21-26(16)18)17(27)23-12-4-6-13(7-5-12)30(19,28)29/h4-9,11,15-16H,1-3H3,(H,23,27)(H2,19,28,29)(H,20,21,22)/t11-,15-,16-/m0/s1. The smallest absolute Gasteiger partial charge is 0.238 e. The van der Waals surface area contributed by atoms with E-state index in [2.05, 4.69) is 25.8 Å². The lowest BCUT2D eigenvalue weighted by molar-refractivity contribution is -0.121. The summed E-state index contributed by atoms with van der Waals surface area (Å²) in [7, 11) is -1.98. The van der Waals surface area contributed by atoms with Crippen LogP contribution < -0.4 is 15.8 Å². The van der Waals surface area contributed by atoms with Gasteiger partial charge in [-0.2, -0.15) is 15.2 Å². The maximum Gasteiger partial charge on any atom is 0.238 e. The number of aromatic nitrogens is 5. The Morgan fingerprint density at radius 1 is 1.27 bits per heavy atom. The van der Waals surface area contributed by atoms with E-state index >= 15 is 0 Å². The van der Waals surface area contributed by atoms with Crippen LogP contribution in [-0.2, 0) is 21.9 Å². The van der Waals surface area contributed by atoms with Crippen LogP contribution in [-0.4, -0.2) is 44.9 Å². The second-order valence-corrected chi connectivity index (χ2v) is 8.90. The van der Waals surface area contributed by atoms with E-state index in [1.54, 1.807) is 9.36 Å². The molecule has 4 N–H and O–H groups in total. The number of anilines is 2. The first-order valence-electron chi connectivity index (χ1n) is 9.25. The van der Waals surface area contributed by atoms with Crippen molar-refractivity contribution in [3.8, 4) is 0 Å². The molecule has 0 saturated heterocycles. The summed E-state index contributed by atoms with van der Waals surface area (Å²) in [5.41, 5.74) is 2.14. The van der Waals surface area contributed by atoms with Crippen LogP contribution in [0.4, 0.5) is 11.6 Å². The summed E-state index contributed by atoms with van der Waals surface area (Å²) in [6.07, 6.45) is 3.32. The first-order chi connectivity index (χ1) is 14.1. The van der Waals surface area contributed by atoms with E-state index in [0.717, 1.165) is 11.3 Å². The lowest BCUT2D eigenvalue weighted by Crippen LogP contribution is -2.46. The van der Waals surface area contributed by atoms with Crippen LogP contribution in [0, 0.1) is 12.8 Å². The van der Waals surface area contributed by atoms with Crippen LogP contribution in [0.3, 0.4) is 0 Å². The van der Waals surface area contributed by atoms with Crippen molar-refractivity contribution in [3.05, 3.63) is 48.0 Å². The third-order valence-electron chi connectivity index (χ3n) is 5.20. The number of hydrogen-bond donors (Lipinski definition) is 3. The monoisotopic (exact) mass is 430 g/mol. The highest BCUT2D eigenvalue weighted by Crippen LogP contribution is 2.37. The summed E-state index contributed by atoms with van der Waals surface area (Å²) >= 11 is 0. The van der Waals surface area contributed by atoms with Crippen molar-refractivity contribution in [1.29, 1.82) is 0 Å². The molecule has 0 fully saturated rings. The molecule has 0 spiro atoms. The van der Waals surface area contributed by atoms with Gasteiger partial charge in [-0.05, 0) is 38.1 Å². The van der Waals surface area contributed by atoms with E-state index < -0.39 is 22.0 Å². The van der Waals surface area contributed by atoms with E-state index in [0.29, 0.717) is 11.6 Å². The van der Waals surface area contributed by atoms with Gasteiger partial charge < -0.3 is 10.6 Å². The Labute approximate surface area is 173 Å². The molecule has 11 nitrogen and oxygen atoms in total. The maximum atomic E-state index is 13.3. The quantitative estimate of drug-likeness (QED) is 0.549. The van der Waals surface area contributed by atoms with Crippen LogP contribution in [0.2, 0.25) is 0 Å². The lowest BCUT2D eigenvalue weighted by Gasteiger charge is -2.36. The van der Waals surface area contributed by atoms with Gasteiger partial charge in [-0.1, -0.05) is 0 Å². The number of aryl methyl sites for hydroxylation is 2. The predicted octanol–water partition coefficient (Wildman–Crippen LogP) is 0.626. The summed E-state index contributed by atoms with van der Waals surface area (Å²) < 4.78 is 26.3. The number of rotatable bonds is 4. The topological polar surface area (TPSA) is 150 Å². The number of benzene rings is 1. The molecule has 1 aromatic carbocycles. The van der Waals surface area contributed by atoms with Crippen molar-refractivity contribution in [2.75, 3.05) is 10.6 Å². The first kappa shape index (κ1) is 20.0. The van der Waals surface area contributed by atoms with Crippen molar-refractivity contribution in [1.82, 2.24) is 24.5 Å². The van der Waals surface area contributed by atoms with Crippen molar-refractivity contribution < 1.29 is 13.2 Å². The Morgan fingerprint density at radius 3 is 2.57 bits per heavy atom.